The number of anilines is 1. The molecule has 0 unspecified atom stereocenters. The quantitative estimate of drug-likeness (QED) is 0.865. The summed E-state index contributed by atoms with van der Waals surface area (Å²) < 4.78 is 1.07. The van der Waals surface area contributed by atoms with Gasteiger partial charge in [0.15, 0.2) is 6.54 Å². The average Bonchev–Trinajstić information content (AvgIpc) is 2.42. The summed E-state index contributed by atoms with van der Waals surface area (Å²) in [6.07, 6.45) is 0.958. The number of fused-ring (bicyclic) bond motifs is 1. The number of rotatable bonds is 4. The third-order valence-corrected chi connectivity index (χ3v) is 4.11. The van der Waals surface area contributed by atoms with Crippen LogP contribution in [0.3, 0.4) is 0 Å². The van der Waals surface area contributed by atoms with Crippen molar-refractivity contribution in [2.24, 2.45) is 5.18 Å². The molecule has 1 aliphatic heterocycles. The average molecular weight is 326 g/mol. The maximum absolute atomic E-state index is 11.5. The molecule has 0 aromatic heterocycles. The van der Waals surface area contributed by atoms with Crippen LogP contribution in [0.5, 0.6) is 0 Å². The molecule has 6 heteroatoms. The number of nitroso groups, excluding NO2 is 1. The summed E-state index contributed by atoms with van der Waals surface area (Å²) in [5, 5.41) is 5.37. The fourth-order valence-corrected chi connectivity index (χ4v) is 2.89. The van der Waals surface area contributed by atoms with E-state index in [9.17, 15) is 9.70 Å². The van der Waals surface area contributed by atoms with Crippen LogP contribution >= 0.6 is 15.9 Å². The van der Waals surface area contributed by atoms with Crippen molar-refractivity contribution >= 4 is 27.5 Å². The molecule has 0 saturated carbocycles. The first-order valence-electron chi connectivity index (χ1n) is 6.27. The number of amides is 1. The topological polar surface area (TPSA) is 61.8 Å². The number of carbonyl (C=O) groups excluding carboxylic acids is 1. The number of nitrogens with one attached hydrogen (secondary N) is 1. The zero-order chi connectivity index (χ0) is 13.8. The second-order valence-electron chi connectivity index (χ2n) is 4.51. The highest BCUT2D eigenvalue weighted by Gasteiger charge is 2.21. The normalized spacial score (nSPS) is 14.8. The van der Waals surface area contributed by atoms with E-state index in [2.05, 4.69) is 38.2 Å². The molecule has 1 amide bonds. The predicted molar refractivity (Wildman–Crippen MR) is 78.1 cm³/mol. The lowest BCUT2D eigenvalue weighted by Gasteiger charge is -2.30. The minimum atomic E-state index is -0.367. The number of nitrogens with zero attached hydrogens (tertiary/aromatic N) is 2. The highest BCUT2D eigenvalue weighted by molar-refractivity contribution is 9.10. The van der Waals surface area contributed by atoms with Gasteiger partial charge in [-0.1, -0.05) is 28.0 Å². The summed E-state index contributed by atoms with van der Waals surface area (Å²) in [7, 11) is 0. The molecule has 1 aromatic carbocycles. The Morgan fingerprint density at radius 1 is 1.47 bits per heavy atom. The lowest BCUT2D eigenvalue weighted by Crippen LogP contribution is -2.31. The molecule has 1 heterocycles. The van der Waals surface area contributed by atoms with Crippen LogP contribution in [0.1, 0.15) is 18.1 Å². The smallest absolute Gasteiger partial charge is 0.249 e. The molecule has 102 valence electrons. The Kier molecular flexibility index (Phi) is 4.66. The van der Waals surface area contributed by atoms with Gasteiger partial charge in [0.25, 0.3) is 0 Å². The fourth-order valence-electron chi connectivity index (χ4n) is 2.32. The van der Waals surface area contributed by atoms with E-state index >= 15 is 0 Å². The maximum atomic E-state index is 11.5. The van der Waals surface area contributed by atoms with Gasteiger partial charge in [0.05, 0.1) is 0 Å². The van der Waals surface area contributed by atoms with Crippen molar-refractivity contribution in [3.05, 3.63) is 32.6 Å². The molecule has 1 aromatic rings. The van der Waals surface area contributed by atoms with Crippen LogP contribution in [0, 0.1) is 4.91 Å². The molecule has 0 saturated heterocycles. The van der Waals surface area contributed by atoms with E-state index in [1.807, 2.05) is 12.1 Å². The first-order chi connectivity index (χ1) is 9.15. The molecule has 0 fully saturated rings. The Hall–Kier alpha value is -1.27. The van der Waals surface area contributed by atoms with E-state index in [-0.39, 0.29) is 12.5 Å². The molecular formula is C13H16BrN3O2. The lowest BCUT2D eigenvalue weighted by molar-refractivity contribution is -0.114. The largest absolute Gasteiger partial charge is 0.324 e. The van der Waals surface area contributed by atoms with Crippen molar-refractivity contribution in [3.63, 3.8) is 0 Å². The molecule has 1 N–H and O–H groups in total. The zero-order valence-electron chi connectivity index (χ0n) is 10.8. The molecule has 1 aliphatic rings. The minimum absolute atomic E-state index is 0.345. The van der Waals surface area contributed by atoms with Crippen molar-refractivity contribution in [1.82, 2.24) is 4.90 Å². The number of carbonyl (C=O) groups is 1. The van der Waals surface area contributed by atoms with Crippen LogP contribution in [0.4, 0.5) is 5.69 Å². The van der Waals surface area contributed by atoms with Gasteiger partial charge in [-0.25, -0.2) is 0 Å². The lowest BCUT2D eigenvalue weighted by atomic mass is 9.98. The summed E-state index contributed by atoms with van der Waals surface area (Å²) in [6.45, 7) is 4.60. The van der Waals surface area contributed by atoms with Gasteiger partial charge in [0.1, 0.15) is 0 Å². The van der Waals surface area contributed by atoms with E-state index < -0.39 is 0 Å². The monoisotopic (exact) mass is 325 g/mol. The first-order valence-corrected chi connectivity index (χ1v) is 7.06. The van der Waals surface area contributed by atoms with Crippen molar-refractivity contribution < 1.29 is 4.79 Å². The zero-order valence-corrected chi connectivity index (χ0v) is 12.4. The summed E-state index contributed by atoms with van der Waals surface area (Å²) in [6, 6.07) is 3.80. The number of benzene rings is 1. The molecule has 0 aliphatic carbocycles. The summed E-state index contributed by atoms with van der Waals surface area (Å²) in [5.41, 5.74) is 3.15. The second-order valence-corrected chi connectivity index (χ2v) is 5.36. The number of hydrogen-bond acceptors (Lipinski definition) is 4. The summed E-state index contributed by atoms with van der Waals surface area (Å²) >= 11 is 3.56. The van der Waals surface area contributed by atoms with Crippen molar-refractivity contribution in [3.8, 4) is 0 Å². The van der Waals surface area contributed by atoms with E-state index in [1.54, 1.807) is 0 Å². The highest BCUT2D eigenvalue weighted by atomic mass is 79.9. The Bertz CT molecular complexity index is 505. The highest BCUT2D eigenvalue weighted by Crippen LogP contribution is 2.32. The molecular weight excluding hydrogens is 310 g/mol. The van der Waals surface area contributed by atoms with E-state index in [0.717, 1.165) is 41.8 Å². The third-order valence-electron chi connectivity index (χ3n) is 3.36. The molecule has 5 nitrogen and oxygen atoms in total. The molecule has 0 radical (unpaired) electrons. The van der Waals surface area contributed by atoms with Crippen LogP contribution in [-0.2, 0) is 17.8 Å². The van der Waals surface area contributed by atoms with Crippen molar-refractivity contribution in [2.75, 3.05) is 25.0 Å². The van der Waals surface area contributed by atoms with E-state index in [4.69, 9.17) is 0 Å². The Labute approximate surface area is 120 Å². The van der Waals surface area contributed by atoms with E-state index in [0.29, 0.717) is 0 Å². The number of likely N-dealkylation sites (N-methyl/N-ethyl adjacent to an activating group) is 1. The van der Waals surface area contributed by atoms with Gasteiger partial charge < -0.3 is 5.32 Å². The van der Waals surface area contributed by atoms with Crippen molar-refractivity contribution in [2.45, 2.75) is 19.9 Å². The Morgan fingerprint density at radius 2 is 2.26 bits per heavy atom. The Morgan fingerprint density at radius 3 is 2.95 bits per heavy atom. The van der Waals surface area contributed by atoms with Gasteiger partial charge in [-0.15, -0.1) is 0 Å². The van der Waals surface area contributed by atoms with Crippen LogP contribution in [-0.4, -0.2) is 30.4 Å². The van der Waals surface area contributed by atoms with Crippen LogP contribution in [0.2, 0.25) is 0 Å². The van der Waals surface area contributed by atoms with Crippen LogP contribution < -0.4 is 5.32 Å². The van der Waals surface area contributed by atoms with Crippen molar-refractivity contribution in [1.29, 1.82) is 0 Å². The van der Waals surface area contributed by atoms with Crippen LogP contribution in [0.15, 0.2) is 21.8 Å². The van der Waals surface area contributed by atoms with Gasteiger partial charge in [-0.2, -0.15) is 4.91 Å². The standard InChI is InChI=1S/C13H16BrN3O2/c1-2-17-6-5-9-10(8-17)12(4-3-11(9)14)16-13(18)7-15-19/h3-4H,2,5-8H2,1H3,(H,16,18). The van der Waals surface area contributed by atoms with Crippen LogP contribution in [0.25, 0.3) is 0 Å². The molecule has 0 atom stereocenters. The van der Waals surface area contributed by atoms with Gasteiger partial charge >= 0.3 is 0 Å². The molecule has 2 rings (SSSR count). The van der Waals surface area contributed by atoms with Gasteiger partial charge in [0.2, 0.25) is 5.91 Å². The molecule has 19 heavy (non-hydrogen) atoms. The molecule has 0 bridgehead atoms. The predicted octanol–water partition coefficient (Wildman–Crippen LogP) is 2.53. The third kappa shape index (κ3) is 3.19. The first kappa shape index (κ1) is 14.1. The van der Waals surface area contributed by atoms with Gasteiger partial charge in [-0.05, 0) is 36.2 Å². The summed E-state index contributed by atoms with van der Waals surface area (Å²) in [5.74, 6) is -0.367. The van der Waals surface area contributed by atoms with Gasteiger partial charge in [0, 0.05) is 23.2 Å². The molecule has 0 spiro atoms. The second kappa shape index (κ2) is 6.25. The Balaban J connectivity index is 2.29. The summed E-state index contributed by atoms with van der Waals surface area (Å²) in [4.78, 5) is 23.9. The SMILES string of the molecule is CCN1CCc2c(Br)ccc(NC(=O)CN=O)c2C1. The number of halogens is 1. The fraction of sp³-hybridized carbons (Fsp3) is 0.462. The number of hydrogen-bond donors (Lipinski definition) is 1. The van der Waals surface area contributed by atoms with E-state index in [1.165, 1.54) is 5.56 Å². The van der Waals surface area contributed by atoms with Gasteiger partial charge in [-0.3, -0.25) is 9.69 Å². The minimum Gasteiger partial charge on any atom is -0.324 e. The maximum Gasteiger partial charge on any atom is 0.249 e.